The summed E-state index contributed by atoms with van der Waals surface area (Å²) in [5.74, 6) is 0.354. The van der Waals surface area contributed by atoms with Gasteiger partial charge in [0.15, 0.2) is 0 Å². The fraction of sp³-hybridized carbons (Fsp3) is 0.0769. The highest BCUT2D eigenvalue weighted by molar-refractivity contribution is 7.92. The van der Waals surface area contributed by atoms with Crippen LogP contribution in [-0.4, -0.2) is 15.5 Å². The minimum Gasteiger partial charge on any atom is -0.495 e. The lowest BCUT2D eigenvalue weighted by molar-refractivity contribution is 0.417. The van der Waals surface area contributed by atoms with Crippen molar-refractivity contribution >= 4 is 44.6 Å². The van der Waals surface area contributed by atoms with Crippen molar-refractivity contribution in [2.24, 2.45) is 0 Å². The third-order valence-electron chi connectivity index (χ3n) is 2.67. The van der Waals surface area contributed by atoms with Crippen molar-refractivity contribution < 1.29 is 13.2 Å². The van der Waals surface area contributed by atoms with Gasteiger partial charge < -0.3 is 10.5 Å². The summed E-state index contributed by atoms with van der Waals surface area (Å²) in [5.41, 5.74) is 6.30. The molecule has 0 atom stereocenters. The summed E-state index contributed by atoms with van der Waals surface area (Å²) in [5, 5.41) is 0.427. The molecule has 0 saturated carbocycles. The summed E-state index contributed by atoms with van der Waals surface area (Å²) in [6, 6.07) is 8.68. The van der Waals surface area contributed by atoms with E-state index in [2.05, 4.69) is 4.72 Å². The molecule has 0 amide bonds. The monoisotopic (exact) mass is 346 g/mol. The van der Waals surface area contributed by atoms with Crippen LogP contribution in [0.2, 0.25) is 10.0 Å². The topological polar surface area (TPSA) is 81.4 Å². The zero-order chi connectivity index (χ0) is 15.6. The number of hydrogen-bond donors (Lipinski definition) is 2. The molecule has 0 radical (unpaired) electrons. The molecule has 0 aliphatic carbocycles. The predicted octanol–water partition coefficient (Wildman–Crippen LogP) is 3.39. The minimum absolute atomic E-state index is 0.0126. The number of nitrogens with two attached hydrogens (primary N) is 1. The average Bonchev–Trinajstić information content (AvgIpc) is 2.41. The number of benzene rings is 2. The third-order valence-corrected chi connectivity index (χ3v) is 4.77. The molecule has 0 aromatic heterocycles. The van der Waals surface area contributed by atoms with Gasteiger partial charge in [-0.05, 0) is 36.4 Å². The second-order valence-corrected chi connectivity index (χ2v) is 6.64. The zero-order valence-electron chi connectivity index (χ0n) is 10.9. The number of anilines is 2. The van der Waals surface area contributed by atoms with E-state index in [4.69, 9.17) is 33.7 Å². The highest BCUT2D eigenvalue weighted by Gasteiger charge is 2.18. The van der Waals surface area contributed by atoms with Gasteiger partial charge in [-0.1, -0.05) is 23.2 Å². The summed E-state index contributed by atoms with van der Waals surface area (Å²) in [4.78, 5) is -0.0126. The zero-order valence-corrected chi connectivity index (χ0v) is 13.3. The van der Waals surface area contributed by atoms with Crippen molar-refractivity contribution in [3.63, 3.8) is 0 Å². The molecule has 0 saturated heterocycles. The minimum atomic E-state index is -3.83. The molecule has 8 heteroatoms. The highest BCUT2D eigenvalue weighted by Crippen LogP contribution is 2.30. The number of ether oxygens (including phenoxy) is 1. The van der Waals surface area contributed by atoms with Crippen molar-refractivity contribution in [1.29, 1.82) is 0 Å². The first-order valence-corrected chi connectivity index (χ1v) is 7.99. The third kappa shape index (κ3) is 3.53. The van der Waals surface area contributed by atoms with Crippen LogP contribution in [0.1, 0.15) is 0 Å². The molecule has 0 bridgehead atoms. The lowest BCUT2D eigenvalue weighted by Crippen LogP contribution is -2.13. The van der Waals surface area contributed by atoms with E-state index in [0.29, 0.717) is 11.4 Å². The van der Waals surface area contributed by atoms with Gasteiger partial charge in [-0.25, -0.2) is 8.42 Å². The van der Waals surface area contributed by atoms with E-state index in [0.717, 1.165) is 0 Å². The van der Waals surface area contributed by atoms with Crippen LogP contribution in [0, 0.1) is 0 Å². The summed E-state index contributed by atoms with van der Waals surface area (Å²) >= 11 is 11.6. The summed E-state index contributed by atoms with van der Waals surface area (Å²) in [7, 11) is -2.40. The van der Waals surface area contributed by atoms with E-state index in [9.17, 15) is 8.42 Å². The Hall–Kier alpha value is -1.63. The number of sulfonamides is 1. The molecule has 0 aliphatic rings. The summed E-state index contributed by atoms with van der Waals surface area (Å²) in [6.45, 7) is 0. The average molecular weight is 347 g/mol. The Bertz CT molecular complexity index is 779. The van der Waals surface area contributed by atoms with Crippen molar-refractivity contribution in [3.8, 4) is 5.75 Å². The maximum absolute atomic E-state index is 12.3. The Balaban J connectivity index is 2.41. The molecule has 5 nitrogen and oxygen atoms in total. The largest absolute Gasteiger partial charge is 0.495 e. The van der Waals surface area contributed by atoms with Crippen LogP contribution < -0.4 is 15.2 Å². The van der Waals surface area contributed by atoms with Gasteiger partial charge in [0.05, 0.1) is 27.7 Å². The molecule has 3 N–H and O–H groups in total. The van der Waals surface area contributed by atoms with E-state index >= 15 is 0 Å². The molecule has 112 valence electrons. The van der Waals surface area contributed by atoms with Crippen LogP contribution in [-0.2, 0) is 10.0 Å². The second-order valence-electron chi connectivity index (χ2n) is 4.14. The molecule has 0 unspecified atom stereocenters. The first kappa shape index (κ1) is 15.8. The number of hydrogen-bond acceptors (Lipinski definition) is 4. The first-order chi connectivity index (χ1) is 9.83. The van der Waals surface area contributed by atoms with Crippen molar-refractivity contribution in [1.82, 2.24) is 0 Å². The second kappa shape index (κ2) is 6.01. The molecular weight excluding hydrogens is 335 g/mol. The smallest absolute Gasteiger partial charge is 0.262 e. The Kier molecular flexibility index (Phi) is 4.51. The van der Waals surface area contributed by atoms with E-state index in [1.54, 1.807) is 12.1 Å². The van der Waals surface area contributed by atoms with Crippen LogP contribution in [0.4, 0.5) is 11.4 Å². The van der Waals surface area contributed by atoms with Crippen LogP contribution in [0.15, 0.2) is 41.3 Å². The fourth-order valence-electron chi connectivity index (χ4n) is 1.65. The van der Waals surface area contributed by atoms with Gasteiger partial charge in [0, 0.05) is 5.69 Å². The molecule has 0 aliphatic heterocycles. The SMILES string of the molecule is COc1ccc(N)cc1NS(=O)(=O)c1ccc(Cl)c(Cl)c1. The van der Waals surface area contributed by atoms with Gasteiger partial charge in [0.2, 0.25) is 0 Å². The quantitative estimate of drug-likeness (QED) is 0.831. The van der Waals surface area contributed by atoms with Gasteiger partial charge in [-0.3, -0.25) is 4.72 Å². The Morgan fingerprint density at radius 1 is 1.10 bits per heavy atom. The maximum atomic E-state index is 12.3. The maximum Gasteiger partial charge on any atom is 0.262 e. The van der Waals surface area contributed by atoms with Gasteiger partial charge in [-0.2, -0.15) is 0 Å². The van der Waals surface area contributed by atoms with Crippen molar-refractivity contribution in [2.75, 3.05) is 17.6 Å². The first-order valence-electron chi connectivity index (χ1n) is 5.75. The molecule has 2 aromatic rings. The molecule has 0 heterocycles. The molecule has 0 fully saturated rings. The van der Waals surface area contributed by atoms with Gasteiger partial charge in [-0.15, -0.1) is 0 Å². The van der Waals surface area contributed by atoms with Crippen molar-refractivity contribution in [3.05, 3.63) is 46.4 Å². The number of methoxy groups -OCH3 is 1. The van der Waals surface area contributed by atoms with Gasteiger partial charge >= 0.3 is 0 Å². The Morgan fingerprint density at radius 3 is 2.43 bits per heavy atom. The number of rotatable bonds is 4. The van der Waals surface area contributed by atoms with E-state index in [1.807, 2.05) is 0 Å². The van der Waals surface area contributed by atoms with Gasteiger partial charge in [0.1, 0.15) is 5.75 Å². The van der Waals surface area contributed by atoms with Crippen LogP contribution in [0.3, 0.4) is 0 Å². The standard InChI is InChI=1S/C13H12Cl2N2O3S/c1-20-13-5-2-8(16)6-12(13)17-21(18,19)9-3-4-10(14)11(15)7-9/h2-7,17H,16H2,1H3. The number of nitrogen functional groups attached to an aromatic ring is 1. The number of nitrogens with one attached hydrogen (secondary N) is 1. The normalized spacial score (nSPS) is 11.2. The lowest BCUT2D eigenvalue weighted by atomic mass is 10.2. The molecule has 21 heavy (non-hydrogen) atoms. The summed E-state index contributed by atoms with van der Waals surface area (Å²) in [6.07, 6.45) is 0. The molecular formula is C13H12Cl2N2O3S. The lowest BCUT2D eigenvalue weighted by Gasteiger charge is -2.12. The fourth-order valence-corrected chi connectivity index (χ4v) is 3.10. The molecule has 0 spiro atoms. The van der Waals surface area contributed by atoms with Crippen LogP contribution in [0.25, 0.3) is 0 Å². The molecule has 2 rings (SSSR count). The molecule has 2 aromatic carbocycles. The highest BCUT2D eigenvalue weighted by atomic mass is 35.5. The van der Waals surface area contributed by atoms with Crippen LogP contribution in [0.5, 0.6) is 5.75 Å². The van der Waals surface area contributed by atoms with Crippen LogP contribution >= 0.6 is 23.2 Å². The van der Waals surface area contributed by atoms with E-state index in [-0.39, 0.29) is 20.6 Å². The number of halogens is 2. The Morgan fingerprint density at radius 2 is 1.81 bits per heavy atom. The van der Waals surface area contributed by atoms with E-state index < -0.39 is 10.0 Å². The predicted molar refractivity (Wildman–Crippen MR) is 84.7 cm³/mol. The van der Waals surface area contributed by atoms with E-state index in [1.165, 1.54) is 31.4 Å². The Labute approximate surface area is 132 Å². The van der Waals surface area contributed by atoms with Gasteiger partial charge in [0.25, 0.3) is 10.0 Å². The summed E-state index contributed by atoms with van der Waals surface area (Å²) < 4.78 is 32.2. The van der Waals surface area contributed by atoms with Crippen molar-refractivity contribution in [2.45, 2.75) is 4.90 Å².